The smallest absolute Gasteiger partial charge is 0.228 e. The van der Waals surface area contributed by atoms with Gasteiger partial charge in [-0.3, -0.25) is 4.79 Å². The van der Waals surface area contributed by atoms with Crippen molar-refractivity contribution in [2.24, 2.45) is 11.7 Å². The molecule has 2 atom stereocenters. The van der Waals surface area contributed by atoms with Crippen LogP contribution in [-0.4, -0.2) is 26.7 Å². The summed E-state index contributed by atoms with van der Waals surface area (Å²) in [4.78, 5) is 16.0. The molecule has 2 aromatic rings. The van der Waals surface area contributed by atoms with Crippen molar-refractivity contribution in [2.75, 3.05) is 5.32 Å². The van der Waals surface area contributed by atoms with E-state index in [1.165, 1.54) is 17.3 Å². The van der Waals surface area contributed by atoms with E-state index in [4.69, 9.17) is 17.3 Å². The summed E-state index contributed by atoms with van der Waals surface area (Å²) < 4.78 is 1.51. The zero-order valence-electron chi connectivity index (χ0n) is 11.2. The van der Waals surface area contributed by atoms with Crippen LogP contribution in [0.25, 0.3) is 5.69 Å². The largest absolute Gasteiger partial charge is 0.327 e. The van der Waals surface area contributed by atoms with Gasteiger partial charge in [-0.2, -0.15) is 5.10 Å². The van der Waals surface area contributed by atoms with E-state index in [9.17, 15) is 4.79 Å². The fraction of sp³-hybridized carbons (Fsp3) is 0.308. The summed E-state index contributed by atoms with van der Waals surface area (Å²) in [7, 11) is 0. The summed E-state index contributed by atoms with van der Waals surface area (Å²) in [6.45, 7) is 3.57. The summed E-state index contributed by atoms with van der Waals surface area (Å²) in [5, 5.41) is 7.34. The molecule has 0 saturated heterocycles. The SMILES string of the molecule is CC(N)C(C)C(=O)Nc1cccc(Cl)c1-n1cncn1. The van der Waals surface area contributed by atoms with E-state index < -0.39 is 0 Å². The second-order valence-corrected chi connectivity index (χ2v) is 5.02. The molecule has 0 aliphatic heterocycles. The minimum atomic E-state index is -0.308. The molecule has 7 heteroatoms. The number of aromatic nitrogens is 3. The normalized spacial score (nSPS) is 13.8. The Bertz CT molecular complexity index is 597. The maximum absolute atomic E-state index is 12.1. The average Bonchev–Trinajstić information content (AvgIpc) is 2.91. The summed E-state index contributed by atoms with van der Waals surface area (Å²) in [6.07, 6.45) is 2.92. The van der Waals surface area contributed by atoms with Crippen LogP contribution in [0.1, 0.15) is 13.8 Å². The molecule has 106 valence electrons. The molecule has 3 N–H and O–H groups in total. The number of nitrogens with one attached hydrogen (secondary N) is 1. The lowest BCUT2D eigenvalue weighted by Crippen LogP contribution is -2.34. The van der Waals surface area contributed by atoms with Gasteiger partial charge in [0.05, 0.1) is 16.6 Å². The number of amides is 1. The minimum absolute atomic E-state index is 0.163. The summed E-state index contributed by atoms with van der Waals surface area (Å²) in [5.41, 5.74) is 6.89. The van der Waals surface area contributed by atoms with Crippen LogP contribution in [0.3, 0.4) is 0 Å². The van der Waals surface area contributed by atoms with Crippen LogP contribution >= 0.6 is 11.6 Å². The number of nitrogens with zero attached hydrogens (tertiary/aromatic N) is 3. The van der Waals surface area contributed by atoms with Crippen molar-refractivity contribution >= 4 is 23.2 Å². The molecule has 6 nitrogen and oxygen atoms in total. The Morgan fingerprint density at radius 1 is 1.45 bits per heavy atom. The Hall–Kier alpha value is -1.92. The number of benzene rings is 1. The molecule has 1 amide bonds. The van der Waals surface area contributed by atoms with E-state index in [2.05, 4.69) is 15.4 Å². The molecule has 2 unspecified atom stereocenters. The maximum atomic E-state index is 12.1. The minimum Gasteiger partial charge on any atom is -0.327 e. The van der Waals surface area contributed by atoms with Crippen molar-refractivity contribution in [2.45, 2.75) is 19.9 Å². The highest BCUT2D eigenvalue weighted by Gasteiger charge is 2.19. The number of para-hydroxylation sites is 1. The molecule has 1 heterocycles. The molecular weight excluding hydrogens is 278 g/mol. The van der Waals surface area contributed by atoms with Gasteiger partial charge in [-0.15, -0.1) is 0 Å². The fourth-order valence-electron chi connectivity index (χ4n) is 1.66. The molecule has 1 aromatic heterocycles. The van der Waals surface area contributed by atoms with Crippen molar-refractivity contribution in [3.63, 3.8) is 0 Å². The predicted molar refractivity (Wildman–Crippen MR) is 77.8 cm³/mol. The van der Waals surface area contributed by atoms with E-state index in [1.807, 2.05) is 0 Å². The molecule has 0 bridgehead atoms. The molecule has 0 radical (unpaired) electrons. The van der Waals surface area contributed by atoms with Gasteiger partial charge in [-0.05, 0) is 19.1 Å². The highest BCUT2D eigenvalue weighted by atomic mass is 35.5. The molecule has 2 rings (SSSR count). The summed E-state index contributed by atoms with van der Waals surface area (Å²) >= 11 is 6.18. The van der Waals surface area contributed by atoms with Crippen molar-refractivity contribution in [3.8, 4) is 5.69 Å². The maximum Gasteiger partial charge on any atom is 0.228 e. The molecule has 20 heavy (non-hydrogen) atoms. The fourth-order valence-corrected chi connectivity index (χ4v) is 1.92. The number of hydrogen-bond donors (Lipinski definition) is 2. The van der Waals surface area contributed by atoms with Crippen LogP contribution in [0.15, 0.2) is 30.9 Å². The third kappa shape index (κ3) is 2.97. The van der Waals surface area contributed by atoms with Crippen LogP contribution in [0.5, 0.6) is 0 Å². The quantitative estimate of drug-likeness (QED) is 0.900. The predicted octanol–water partition coefficient (Wildman–Crippen LogP) is 1.84. The van der Waals surface area contributed by atoms with Crippen LogP contribution in [-0.2, 0) is 4.79 Å². The first-order chi connectivity index (χ1) is 9.50. The molecule has 0 spiro atoms. The third-order valence-corrected chi connectivity index (χ3v) is 3.40. The molecule has 0 fully saturated rings. The van der Waals surface area contributed by atoms with Crippen molar-refractivity contribution in [1.29, 1.82) is 0 Å². The number of hydrogen-bond acceptors (Lipinski definition) is 4. The lowest BCUT2D eigenvalue weighted by Gasteiger charge is -2.17. The van der Waals surface area contributed by atoms with E-state index in [0.717, 1.165) is 0 Å². The molecule has 0 aliphatic rings. The monoisotopic (exact) mass is 293 g/mol. The van der Waals surface area contributed by atoms with Crippen LogP contribution < -0.4 is 11.1 Å². The second-order valence-electron chi connectivity index (χ2n) is 4.61. The Kier molecular flexibility index (Phi) is 4.36. The van der Waals surface area contributed by atoms with Crippen molar-refractivity contribution < 1.29 is 4.79 Å². The van der Waals surface area contributed by atoms with Gasteiger partial charge in [0.1, 0.15) is 18.3 Å². The summed E-state index contributed by atoms with van der Waals surface area (Å²) in [6, 6.07) is 5.01. The third-order valence-electron chi connectivity index (χ3n) is 3.09. The first-order valence-corrected chi connectivity index (χ1v) is 6.58. The Morgan fingerprint density at radius 2 is 2.20 bits per heavy atom. The second kappa shape index (κ2) is 6.02. The zero-order valence-corrected chi connectivity index (χ0v) is 12.0. The average molecular weight is 294 g/mol. The standard InChI is InChI=1S/C13H16ClN5O/c1-8(9(2)15)13(20)18-11-5-3-4-10(14)12(11)19-7-16-6-17-19/h3-9H,15H2,1-2H3,(H,18,20). The lowest BCUT2D eigenvalue weighted by atomic mass is 10.0. The van der Waals surface area contributed by atoms with Crippen LogP contribution in [0.2, 0.25) is 5.02 Å². The van der Waals surface area contributed by atoms with Gasteiger partial charge in [0.2, 0.25) is 5.91 Å². The molecule has 0 saturated carbocycles. The first-order valence-electron chi connectivity index (χ1n) is 6.20. The van der Waals surface area contributed by atoms with E-state index >= 15 is 0 Å². The molecule has 0 aliphatic carbocycles. The highest BCUT2D eigenvalue weighted by molar-refractivity contribution is 6.33. The van der Waals surface area contributed by atoms with Crippen molar-refractivity contribution in [3.05, 3.63) is 35.9 Å². The van der Waals surface area contributed by atoms with Gasteiger partial charge in [0.25, 0.3) is 0 Å². The van der Waals surface area contributed by atoms with Gasteiger partial charge < -0.3 is 11.1 Å². The van der Waals surface area contributed by atoms with Crippen LogP contribution in [0, 0.1) is 5.92 Å². The Labute approximate surface area is 121 Å². The topological polar surface area (TPSA) is 85.8 Å². The van der Waals surface area contributed by atoms with Gasteiger partial charge in [0, 0.05) is 6.04 Å². The van der Waals surface area contributed by atoms with E-state index in [1.54, 1.807) is 32.0 Å². The number of carbonyl (C=O) groups excluding carboxylic acids is 1. The number of carbonyl (C=O) groups is 1. The van der Waals surface area contributed by atoms with Crippen molar-refractivity contribution in [1.82, 2.24) is 14.8 Å². The number of nitrogens with two attached hydrogens (primary N) is 1. The van der Waals surface area contributed by atoms with Crippen LogP contribution in [0.4, 0.5) is 5.69 Å². The zero-order chi connectivity index (χ0) is 14.7. The highest BCUT2D eigenvalue weighted by Crippen LogP contribution is 2.28. The Balaban J connectivity index is 2.34. The van der Waals surface area contributed by atoms with E-state index in [-0.39, 0.29) is 17.9 Å². The van der Waals surface area contributed by atoms with Gasteiger partial charge >= 0.3 is 0 Å². The summed E-state index contributed by atoms with van der Waals surface area (Å²) in [5.74, 6) is -0.471. The van der Waals surface area contributed by atoms with E-state index in [0.29, 0.717) is 16.4 Å². The lowest BCUT2D eigenvalue weighted by molar-refractivity contribution is -0.119. The number of halogens is 1. The van der Waals surface area contributed by atoms with Gasteiger partial charge in [0.15, 0.2) is 0 Å². The number of anilines is 1. The Morgan fingerprint density at radius 3 is 2.80 bits per heavy atom. The molecular formula is C13H16ClN5O. The molecule has 1 aromatic carbocycles. The first kappa shape index (κ1) is 14.5. The van der Waals surface area contributed by atoms with Gasteiger partial charge in [-0.1, -0.05) is 24.6 Å². The number of rotatable bonds is 4. The van der Waals surface area contributed by atoms with Gasteiger partial charge in [-0.25, -0.2) is 9.67 Å².